The molecule has 6 nitrogen and oxygen atoms in total. The third-order valence-electron chi connectivity index (χ3n) is 4.36. The topological polar surface area (TPSA) is 84.1 Å². The minimum atomic E-state index is -0.725. The van der Waals surface area contributed by atoms with Crippen LogP contribution in [0.5, 0.6) is 5.75 Å². The van der Waals surface area contributed by atoms with Crippen molar-refractivity contribution in [3.8, 4) is 17.1 Å². The second-order valence-corrected chi connectivity index (χ2v) is 7.80. The molecule has 1 amide bonds. The first-order valence-electron chi connectivity index (χ1n) is 9.63. The van der Waals surface area contributed by atoms with Gasteiger partial charge in [0, 0.05) is 15.6 Å². The Morgan fingerprint density at radius 3 is 2.60 bits per heavy atom. The molecule has 1 aromatic heterocycles. The molecular weight excluding hydrogens is 495 g/mol. The fourth-order valence-electron chi connectivity index (χ4n) is 2.80. The van der Waals surface area contributed by atoms with E-state index in [1.54, 1.807) is 30.3 Å². The van der Waals surface area contributed by atoms with Crippen LogP contribution in [0.3, 0.4) is 0 Å². The highest BCUT2D eigenvalue weighted by molar-refractivity contribution is 14.1. The maximum atomic E-state index is 12.0. The summed E-state index contributed by atoms with van der Waals surface area (Å²) in [5.74, 6) is 1.75. The fourth-order valence-corrected chi connectivity index (χ4v) is 3.16. The number of carbonyl (C=O) groups is 1. The van der Waals surface area contributed by atoms with Gasteiger partial charge in [0.2, 0.25) is 5.91 Å². The highest BCUT2D eigenvalue weighted by atomic mass is 127. The maximum Gasteiger partial charge on any atom is 0.240 e. The number of hydrogen-bond donors (Lipinski definition) is 2. The van der Waals surface area contributed by atoms with Crippen LogP contribution in [0.25, 0.3) is 11.3 Å². The Labute approximate surface area is 189 Å². The summed E-state index contributed by atoms with van der Waals surface area (Å²) >= 11 is 2.25. The normalized spacial score (nSPS) is 12.1. The average molecular weight is 518 g/mol. The Morgan fingerprint density at radius 2 is 1.90 bits per heavy atom. The van der Waals surface area contributed by atoms with Crippen LogP contribution in [-0.2, 0) is 4.79 Å². The van der Waals surface area contributed by atoms with Gasteiger partial charge in [-0.3, -0.25) is 4.79 Å². The third kappa shape index (κ3) is 6.43. The molecule has 0 unspecified atom stereocenters. The van der Waals surface area contributed by atoms with Gasteiger partial charge in [0.25, 0.3) is 0 Å². The molecule has 0 saturated heterocycles. The van der Waals surface area contributed by atoms with Crippen molar-refractivity contribution in [1.82, 2.24) is 5.43 Å². The number of furan rings is 1. The average Bonchev–Trinajstić information content (AvgIpc) is 3.22. The van der Waals surface area contributed by atoms with Gasteiger partial charge in [-0.15, -0.1) is 0 Å². The van der Waals surface area contributed by atoms with E-state index in [4.69, 9.17) is 9.15 Å². The number of benzene rings is 2. The number of ether oxygens (including phenoxy) is 1. The van der Waals surface area contributed by atoms with Crippen molar-refractivity contribution < 1.29 is 19.1 Å². The van der Waals surface area contributed by atoms with Crippen LogP contribution < -0.4 is 10.2 Å². The maximum absolute atomic E-state index is 12.0. The first-order chi connectivity index (χ1) is 14.5. The van der Waals surface area contributed by atoms with E-state index in [1.807, 2.05) is 37.3 Å². The van der Waals surface area contributed by atoms with Gasteiger partial charge in [-0.05, 0) is 77.9 Å². The molecule has 0 radical (unpaired) electrons. The molecule has 1 heterocycles. The lowest BCUT2D eigenvalue weighted by Crippen LogP contribution is -2.18. The van der Waals surface area contributed by atoms with Crippen molar-refractivity contribution >= 4 is 34.7 Å². The Kier molecular flexibility index (Phi) is 8.04. The third-order valence-corrected chi connectivity index (χ3v) is 5.08. The van der Waals surface area contributed by atoms with Crippen LogP contribution in [0.1, 0.15) is 37.2 Å². The standard InChI is InChI=1S/C23H23IN2O4/c1-2-29-19-9-5-16(6-10-19)21(27)12-14-23(28)26-25-15-20-11-13-22(30-20)17-3-7-18(24)8-4-17/h3-11,13,15,21,27H,2,12,14H2,1H3,(H,26,28)/b25-15-/t21-/m1/s1. The summed E-state index contributed by atoms with van der Waals surface area (Å²) in [6.07, 6.45) is 1.18. The number of hydrogen-bond acceptors (Lipinski definition) is 5. The molecule has 2 N–H and O–H groups in total. The van der Waals surface area contributed by atoms with E-state index in [0.717, 1.165) is 26.2 Å². The van der Waals surface area contributed by atoms with Gasteiger partial charge in [-0.2, -0.15) is 5.10 Å². The van der Waals surface area contributed by atoms with Crippen LogP contribution >= 0.6 is 22.6 Å². The van der Waals surface area contributed by atoms with E-state index in [9.17, 15) is 9.90 Å². The van der Waals surface area contributed by atoms with Gasteiger partial charge >= 0.3 is 0 Å². The Bertz CT molecular complexity index is 981. The zero-order valence-corrected chi connectivity index (χ0v) is 18.7. The Balaban J connectivity index is 1.45. The summed E-state index contributed by atoms with van der Waals surface area (Å²) in [4.78, 5) is 12.0. The zero-order valence-electron chi connectivity index (χ0n) is 16.5. The molecule has 2 aromatic carbocycles. The lowest BCUT2D eigenvalue weighted by atomic mass is 10.0. The largest absolute Gasteiger partial charge is 0.494 e. The highest BCUT2D eigenvalue weighted by Crippen LogP contribution is 2.23. The predicted molar refractivity (Wildman–Crippen MR) is 124 cm³/mol. The molecule has 30 heavy (non-hydrogen) atoms. The molecule has 0 aliphatic rings. The molecule has 0 fully saturated rings. The molecule has 0 spiro atoms. The van der Waals surface area contributed by atoms with Gasteiger partial charge in [0.05, 0.1) is 18.9 Å². The van der Waals surface area contributed by atoms with Gasteiger partial charge in [0.15, 0.2) is 0 Å². The number of aliphatic hydroxyl groups excluding tert-OH is 1. The number of nitrogens with one attached hydrogen (secondary N) is 1. The lowest BCUT2D eigenvalue weighted by Gasteiger charge is -2.11. The van der Waals surface area contributed by atoms with Gasteiger partial charge in [0.1, 0.15) is 17.3 Å². The van der Waals surface area contributed by atoms with Crippen molar-refractivity contribution in [3.63, 3.8) is 0 Å². The molecule has 0 aliphatic carbocycles. The number of aliphatic hydroxyl groups is 1. The van der Waals surface area contributed by atoms with Gasteiger partial charge in [-0.1, -0.05) is 24.3 Å². The van der Waals surface area contributed by atoms with E-state index in [1.165, 1.54) is 6.21 Å². The van der Waals surface area contributed by atoms with Crippen LogP contribution in [-0.4, -0.2) is 23.8 Å². The van der Waals surface area contributed by atoms with Crippen molar-refractivity contribution in [3.05, 3.63) is 75.6 Å². The molecule has 3 rings (SSSR count). The van der Waals surface area contributed by atoms with Crippen molar-refractivity contribution in [2.24, 2.45) is 5.10 Å². The quantitative estimate of drug-likeness (QED) is 0.240. The van der Waals surface area contributed by atoms with E-state index in [2.05, 4.69) is 33.1 Å². The highest BCUT2D eigenvalue weighted by Gasteiger charge is 2.10. The predicted octanol–water partition coefficient (Wildman–Crippen LogP) is 4.91. The molecule has 0 saturated carbocycles. The summed E-state index contributed by atoms with van der Waals surface area (Å²) in [5, 5.41) is 14.2. The van der Waals surface area contributed by atoms with Crippen molar-refractivity contribution in [2.75, 3.05) is 6.61 Å². The summed E-state index contributed by atoms with van der Waals surface area (Å²) < 4.78 is 12.3. The van der Waals surface area contributed by atoms with Gasteiger partial charge < -0.3 is 14.3 Å². The van der Waals surface area contributed by atoms with Crippen LogP contribution in [0.15, 0.2) is 70.2 Å². The molecule has 0 aliphatic heterocycles. The van der Waals surface area contributed by atoms with Crippen molar-refractivity contribution in [2.45, 2.75) is 25.9 Å². The van der Waals surface area contributed by atoms with Crippen molar-refractivity contribution in [1.29, 1.82) is 0 Å². The summed E-state index contributed by atoms with van der Waals surface area (Å²) in [6, 6.07) is 18.8. The van der Waals surface area contributed by atoms with Gasteiger partial charge in [-0.25, -0.2) is 5.43 Å². The summed E-state index contributed by atoms with van der Waals surface area (Å²) in [7, 11) is 0. The Morgan fingerprint density at radius 1 is 1.17 bits per heavy atom. The fraction of sp³-hybridized carbons (Fsp3) is 0.217. The van der Waals surface area contributed by atoms with E-state index in [0.29, 0.717) is 18.8 Å². The molecule has 156 valence electrons. The number of halogens is 1. The molecule has 3 aromatic rings. The number of carbonyl (C=O) groups excluding carboxylic acids is 1. The number of amides is 1. The smallest absolute Gasteiger partial charge is 0.240 e. The monoisotopic (exact) mass is 518 g/mol. The lowest BCUT2D eigenvalue weighted by molar-refractivity contribution is -0.121. The SMILES string of the molecule is CCOc1ccc([C@H](O)CCC(=O)N/N=C\c2ccc(-c3ccc(I)cc3)o2)cc1. The van der Waals surface area contributed by atoms with Crippen LogP contribution in [0, 0.1) is 3.57 Å². The summed E-state index contributed by atoms with van der Waals surface area (Å²) in [6.45, 7) is 2.51. The summed E-state index contributed by atoms with van der Waals surface area (Å²) in [5.41, 5.74) is 4.18. The van der Waals surface area contributed by atoms with E-state index >= 15 is 0 Å². The molecule has 7 heteroatoms. The second kappa shape index (κ2) is 10.9. The molecular formula is C23H23IN2O4. The zero-order chi connectivity index (χ0) is 21.3. The van der Waals surface area contributed by atoms with E-state index < -0.39 is 6.10 Å². The van der Waals surface area contributed by atoms with E-state index in [-0.39, 0.29) is 12.3 Å². The number of rotatable bonds is 9. The number of hydrazone groups is 1. The minimum Gasteiger partial charge on any atom is -0.494 e. The minimum absolute atomic E-state index is 0.151. The number of nitrogens with zero attached hydrogens (tertiary/aromatic N) is 1. The first-order valence-corrected chi connectivity index (χ1v) is 10.7. The molecule has 0 bridgehead atoms. The van der Waals surface area contributed by atoms with Crippen LogP contribution in [0.4, 0.5) is 0 Å². The second-order valence-electron chi connectivity index (χ2n) is 6.56. The first kappa shape index (κ1) is 22.0. The molecule has 1 atom stereocenters. The van der Waals surface area contributed by atoms with Crippen LogP contribution in [0.2, 0.25) is 0 Å². The Hall–Kier alpha value is -2.65.